The second-order valence-corrected chi connectivity index (χ2v) is 4.84. The van der Waals surface area contributed by atoms with E-state index in [1.807, 2.05) is 18.2 Å². The highest BCUT2D eigenvalue weighted by Crippen LogP contribution is 2.21. The number of nitrogen functional groups attached to an aromatic ring is 1. The number of benzene rings is 1. The normalized spacial score (nSPS) is 12.1. The van der Waals surface area contributed by atoms with Gasteiger partial charge in [-0.1, -0.05) is 28.1 Å². The number of nitrogens with two attached hydrogens (primary N) is 1. The number of halogens is 1. The van der Waals surface area contributed by atoms with Gasteiger partial charge in [-0.25, -0.2) is 0 Å². The topological polar surface area (TPSA) is 50.9 Å². The summed E-state index contributed by atoms with van der Waals surface area (Å²) in [6, 6.07) is 10.3. The SMILES string of the molecule is CC(Nc1cncc(N)c1)c1ccc(Br)cc1. The summed E-state index contributed by atoms with van der Waals surface area (Å²) < 4.78 is 1.08. The van der Waals surface area contributed by atoms with E-state index >= 15 is 0 Å². The summed E-state index contributed by atoms with van der Waals surface area (Å²) >= 11 is 3.42. The van der Waals surface area contributed by atoms with Crippen molar-refractivity contribution in [3.8, 4) is 0 Å². The molecular weight excluding hydrogens is 278 g/mol. The van der Waals surface area contributed by atoms with Gasteiger partial charge >= 0.3 is 0 Å². The molecule has 0 amide bonds. The lowest BCUT2D eigenvalue weighted by Gasteiger charge is -2.15. The zero-order valence-electron chi connectivity index (χ0n) is 9.52. The first-order chi connectivity index (χ1) is 8.15. The minimum atomic E-state index is 0.215. The maximum atomic E-state index is 5.68. The standard InChI is InChI=1S/C13H14BrN3/c1-9(10-2-4-11(14)5-3-10)17-13-6-12(15)7-16-8-13/h2-9,17H,15H2,1H3. The van der Waals surface area contributed by atoms with Crippen molar-refractivity contribution in [3.63, 3.8) is 0 Å². The second-order valence-electron chi connectivity index (χ2n) is 3.92. The smallest absolute Gasteiger partial charge is 0.0552 e. The van der Waals surface area contributed by atoms with Gasteiger partial charge in [-0.3, -0.25) is 4.98 Å². The third kappa shape index (κ3) is 3.20. The van der Waals surface area contributed by atoms with Gasteiger partial charge in [0.1, 0.15) is 0 Å². The molecule has 3 nitrogen and oxygen atoms in total. The van der Waals surface area contributed by atoms with Crippen molar-refractivity contribution in [3.05, 3.63) is 52.8 Å². The molecule has 0 saturated carbocycles. The van der Waals surface area contributed by atoms with Crippen LogP contribution in [0.15, 0.2) is 47.2 Å². The Morgan fingerprint density at radius 1 is 1.24 bits per heavy atom. The Hall–Kier alpha value is -1.55. The van der Waals surface area contributed by atoms with Crippen molar-refractivity contribution in [2.45, 2.75) is 13.0 Å². The lowest BCUT2D eigenvalue weighted by Crippen LogP contribution is -2.06. The molecule has 88 valence electrons. The number of aromatic nitrogens is 1. The number of nitrogens with one attached hydrogen (secondary N) is 1. The van der Waals surface area contributed by atoms with E-state index in [1.54, 1.807) is 12.4 Å². The fraction of sp³-hybridized carbons (Fsp3) is 0.154. The van der Waals surface area contributed by atoms with Gasteiger partial charge in [0.25, 0.3) is 0 Å². The van der Waals surface area contributed by atoms with E-state index in [2.05, 4.69) is 45.3 Å². The molecule has 2 aromatic rings. The highest BCUT2D eigenvalue weighted by Gasteiger charge is 2.05. The fourth-order valence-corrected chi connectivity index (χ4v) is 1.89. The third-order valence-electron chi connectivity index (χ3n) is 2.51. The van der Waals surface area contributed by atoms with Crippen molar-refractivity contribution >= 4 is 27.3 Å². The molecule has 0 aliphatic carbocycles. The van der Waals surface area contributed by atoms with Crippen molar-refractivity contribution in [2.24, 2.45) is 0 Å². The van der Waals surface area contributed by atoms with E-state index in [1.165, 1.54) is 5.56 Å². The predicted octanol–water partition coefficient (Wildman–Crippen LogP) is 3.60. The Morgan fingerprint density at radius 2 is 1.94 bits per heavy atom. The minimum Gasteiger partial charge on any atom is -0.397 e. The van der Waals surface area contributed by atoms with Crippen LogP contribution in [0.1, 0.15) is 18.5 Å². The van der Waals surface area contributed by atoms with Gasteiger partial charge in [0, 0.05) is 16.7 Å². The van der Waals surface area contributed by atoms with Crippen molar-refractivity contribution < 1.29 is 0 Å². The van der Waals surface area contributed by atoms with Gasteiger partial charge in [-0.2, -0.15) is 0 Å². The molecule has 0 spiro atoms. The van der Waals surface area contributed by atoms with Crippen LogP contribution >= 0.6 is 15.9 Å². The van der Waals surface area contributed by atoms with Crippen molar-refractivity contribution in [1.82, 2.24) is 4.98 Å². The largest absolute Gasteiger partial charge is 0.397 e. The average molecular weight is 292 g/mol. The molecule has 0 saturated heterocycles. The molecule has 0 bridgehead atoms. The Morgan fingerprint density at radius 3 is 2.59 bits per heavy atom. The molecule has 0 aliphatic rings. The van der Waals surface area contributed by atoms with E-state index < -0.39 is 0 Å². The highest BCUT2D eigenvalue weighted by atomic mass is 79.9. The molecule has 4 heteroatoms. The van der Waals surface area contributed by atoms with E-state index in [-0.39, 0.29) is 6.04 Å². The minimum absolute atomic E-state index is 0.215. The summed E-state index contributed by atoms with van der Waals surface area (Å²) in [7, 11) is 0. The zero-order chi connectivity index (χ0) is 12.3. The molecule has 1 atom stereocenters. The monoisotopic (exact) mass is 291 g/mol. The maximum Gasteiger partial charge on any atom is 0.0552 e. The molecule has 1 unspecified atom stereocenters. The van der Waals surface area contributed by atoms with Gasteiger partial charge < -0.3 is 11.1 Å². The molecule has 3 N–H and O–H groups in total. The molecule has 0 fully saturated rings. The van der Waals surface area contributed by atoms with E-state index in [0.717, 1.165) is 10.2 Å². The molecule has 0 aliphatic heterocycles. The van der Waals surface area contributed by atoms with Crippen LogP contribution in [0.3, 0.4) is 0 Å². The lowest BCUT2D eigenvalue weighted by molar-refractivity contribution is 0.883. The molecule has 1 aromatic heterocycles. The van der Waals surface area contributed by atoms with Crippen LogP contribution in [0.4, 0.5) is 11.4 Å². The van der Waals surface area contributed by atoms with Crippen LogP contribution in [0.2, 0.25) is 0 Å². The second kappa shape index (κ2) is 5.19. The lowest BCUT2D eigenvalue weighted by atomic mass is 10.1. The summed E-state index contributed by atoms with van der Waals surface area (Å²) in [6.45, 7) is 2.10. The van der Waals surface area contributed by atoms with Gasteiger partial charge in [-0.05, 0) is 30.7 Å². The first kappa shape index (κ1) is 11.9. The molecule has 1 aromatic carbocycles. The Bertz CT molecular complexity index is 496. The van der Waals surface area contributed by atoms with Gasteiger partial charge in [0.05, 0.1) is 17.6 Å². The van der Waals surface area contributed by atoms with E-state index in [4.69, 9.17) is 5.73 Å². The average Bonchev–Trinajstić information content (AvgIpc) is 2.29. The number of hydrogen-bond acceptors (Lipinski definition) is 3. The van der Waals surface area contributed by atoms with Crippen molar-refractivity contribution in [2.75, 3.05) is 11.1 Å². The fourth-order valence-electron chi connectivity index (χ4n) is 1.62. The Labute approximate surface area is 109 Å². The molecule has 0 radical (unpaired) electrons. The van der Waals surface area contributed by atoms with Gasteiger partial charge in [-0.15, -0.1) is 0 Å². The maximum absolute atomic E-state index is 5.68. The zero-order valence-corrected chi connectivity index (χ0v) is 11.1. The third-order valence-corrected chi connectivity index (χ3v) is 3.04. The first-order valence-electron chi connectivity index (χ1n) is 5.37. The van der Waals surface area contributed by atoms with Crippen LogP contribution in [0, 0.1) is 0 Å². The Balaban J connectivity index is 2.11. The van der Waals surface area contributed by atoms with Gasteiger partial charge in [0.15, 0.2) is 0 Å². The first-order valence-corrected chi connectivity index (χ1v) is 6.17. The van der Waals surface area contributed by atoms with E-state index in [9.17, 15) is 0 Å². The van der Waals surface area contributed by atoms with Crippen LogP contribution in [-0.4, -0.2) is 4.98 Å². The highest BCUT2D eigenvalue weighted by molar-refractivity contribution is 9.10. The van der Waals surface area contributed by atoms with Gasteiger partial charge in [0.2, 0.25) is 0 Å². The molecule has 2 rings (SSSR count). The number of hydrogen-bond donors (Lipinski definition) is 2. The summed E-state index contributed by atoms with van der Waals surface area (Å²) in [5.74, 6) is 0. The van der Waals surface area contributed by atoms with Crippen LogP contribution < -0.4 is 11.1 Å². The summed E-state index contributed by atoms with van der Waals surface area (Å²) in [4.78, 5) is 4.05. The predicted molar refractivity (Wildman–Crippen MR) is 74.8 cm³/mol. The quantitative estimate of drug-likeness (QED) is 0.908. The summed E-state index contributed by atoms with van der Waals surface area (Å²) in [5, 5.41) is 3.36. The Kier molecular flexibility index (Phi) is 3.64. The molecular formula is C13H14BrN3. The number of anilines is 2. The van der Waals surface area contributed by atoms with Crippen LogP contribution in [0.5, 0.6) is 0 Å². The summed E-state index contributed by atoms with van der Waals surface area (Å²) in [6.07, 6.45) is 3.40. The molecule has 17 heavy (non-hydrogen) atoms. The van der Waals surface area contributed by atoms with E-state index in [0.29, 0.717) is 5.69 Å². The number of rotatable bonds is 3. The molecule has 1 heterocycles. The van der Waals surface area contributed by atoms with Crippen LogP contribution in [0.25, 0.3) is 0 Å². The number of nitrogens with zero attached hydrogens (tertiary/aromatic N) is 1. The number of pyridine rings is 1. The van der Waals surface area contributed by atoms with Crippen molar-refractivity contribution in [1.29, 1.82) is 0 Å². The summed E-state index contributed by atoms with van der Waals surface area (Å²) in [5.41, 5.74) is 8.50. The van der Waals surface area contributed by atoms with Crippen LogP contribution in [-0.2, 0) is 0 Å².